The van der Waals surface area contributed by atoms with Gasteiger partial charge in [0.1, 0.15) is 5.54 Å². The van der Waals surface area contributed by atoms with E-state index in [0.29, 0.717) is 11.9 Å². The lowest BCUT2D eigenvalue weighted by Gasteiger charge is -2.28. The van der Waals surface area contributed by atoms with Crippen molar-refractivity contribution in [2.45, 2.75) is 31.1 Å². The number of nitrogens with one attached hydrogen (secondary N) is 1. The fourth-order valence-electron chi connectivity index (χ4n) is 2.29. The van der Waals surface area contributed by atoms with Gasteiger partial charge in [-0.3, -0.25) is 0 Å². The molecule has 2 atom stereocenters. The van der Waals surface area contributed by atoms with E-state index in [2.05, 4.69) is 28.2 Å². The SMILES string of the molecule is CCOC(=O)C1(Nc2cccc(Br)c2)CSC(C)C1. The van der Waals surface area contributed by atoms with Crippen LogP contribution in [0.4, 0.5) is 5.69 Å². The van der Waals surface area contributed by atoms with Crippen molar-refractivity contribution in [3.8, 4) is 0 Å². The summed E-state index contributed by atoms with van der Waals surface area (Å²) in [5.41, 5.74) is 0.345. The Labute approximate surface area is 126 Å². The number of ether oxygens (including phenoxy) is 1. The summed E-state index contributed by atoms with van der Waals surface area (Å²) < 4.78 is 6.25. The van der Waals surface area contributed by atoms with Crippen molar-refractivity contribution in [2.24, 2.45) is 0 Å². The smallest absolute Gasteiger partial charge is 0.332 e. The van der Waals surface area contributed by atoms with Crippen LogP contribution in [-0.4, -0.2) is 29.1 Å². The highest BCUT2D eigenvalue weighted by atomic mass is 79.9. The zero-order valence-corrected chi connectivity index (χ0v) is 13.5. The van der Waals surface area contributed by atoms with E-state index in [1.807, 2.05) is 31.2 Å². The minimum atomic E-state index is -0.596. The first-order chi connectivity index (χ1) is 9.05. The quantitative estimate of drug-likeness (QED) is 0.846. The number of esters is 1. The molecule has 0 amide bonds. The van der Waals surface area contributed by atoms with Gasteiger partial charge in [-0.25, -0.2) is 4.79 Å². The molecular formula is C14H18BrNO2S. The van der Waals surface area contributed by atoms with E-state index in [4.69, 9.17) is 4.74 Å². The molecule has 0 aliphatic carbocycles. The average molecular weight is 344 g/mol. The van der Waals surface area contributed by atoms with Crippen molar-refractivity contribution in [3.05, 3.63) is 28.7 Å². The van der Waals surface area contributed by atoms with Crippen LogP contribution in [-0.2, 0) is 9.53 Å². The van der Waals surface area contributed by atoms with Crippen LogP contribution in [0.15, 0.2) is 28.7 Å². The molecule has 1 aromatic rings. The van der Waals surface area contributed by atoms with Crippen LogP contribution in [0.25, 0.3) is 0 Å². The van der Waals surface area contributed by atoms with Crippen molar-refractivity contribution in [1.29, 1.82) is 0 Å². The van der Waals surface area contributed by atoms with E-state index in [1.165, 1.54) is 0 Å². The average Bonchev–Trinajstić information content (AvgIpc) is 2.72. The van der Waals surface area contributed by atoms with Gasteiger partial charge in [0.05, 0.1) is 6.61 Å². The second kappa shape index (κ2) is 6.18. The number of halogens is 1. The number of hydrogen-bond acceptors (Lipinski definition) is 4. The number of carbonyl (C=O) groups excluding carboxylic acids is 1. The molecule has 0 saturated carbocycles. The Hall–Kier alpha value is -0.680. The van der Waals surface area contributed by atoms with Crippen LogP contribution in [0.3, 0.4) is 0 Å². The summed E-state index contributed by atoms with van der Waals surface area (Å²) in [5.74, 6) is 0.603. The standard InChI is InChI=1S/C14H18BrNO2S/c1-3-18-13(17)14(8-10(2)19-9-14)16-12-6-4-5-11(15)7-12/h4-7,10,16H,3,8-9H2,1-2H3. The van der Waals surface area contributed by atoms with E-state index < -0.39 is 5.54 Å². The highest BCUT2D eigenvalue weighted by molar-refractivity contribution is 9.10. The Balaban J connectivity index is 2.21. The molecule has 0 aromatic heterocycles. The van der Waals surface area contributed by atoms with Gasteiger partial charge in [0, 0.05) is 21.2 Å². The molecule has 104 valence electrons. The molecule has 1 fully saturated rings. The predicted octanol–water partition coefficient (Wildman–Crippen LogP) is 3.69. The first-order valence-corrected chi connectivity index (χ1v) is 8.22. The second-order valence-electron chi connectivity index (χ2n) is 4.76. The van der Waals surface area contributed by atoms with Gasteiger partial charge in [-0.05, 0) is 31.5 Å². The molecule has 0 radical (unpaired) electrons. The van der Waals surface area contributed by atoms with Crippen molar-refractivity contribution < 1.29 is 9.53 Å². The number of anilines is 1. The molecule has 19 heavy (non-hydrogen) atoms. The van der Waals surface area contributed by atoms with E-state index in [1.54, 1.807) is 11.8 Å². The van der Waals surface area contributed by atoms with Crippen LogP contribution in [0.5, 0.6) is 0 Å². The maximum absolute atomic E-state index is 12.3. The van der Waals surface area contributed by atoms with Crippen molar-refractivity contribution in [2.75, 3.05) is 17.7 Å². The van der Waals surface area contributed by atoms with Crippen LogP contribution in [0.2, 0.25) is 0 Å². The van der Waals surface area contributed by atoms with Crippen LogP contribution < -0.4 is 5.32 Å². The molecule has 1 saturated heterocycles. The highest BCUT2D eigenvalue weighted by Gasteiger charge is 2.46. The van der Waals surface area contributed by atoms with Gasteiger partial charge in [-0.15, -0.1) is 0 Å². The van der Waals surface area contributed by atoms with Gasteiger partial charge < -0.3 is 10.1 Å². The summed E-state index contributed by atoms with van der Waals surface area (Å²) in [4.78, 5) is 12.3. The molecule has 0 bridgehead atoms. The first-order valence-electron chi connectivity index (χ1n) is 6.38. The van der Waals surface area contributed by atoms with Crippen molar-refractivity contribution in [1.82, 2.24) is 0 Å². The van der Waals surface area contributed by atoms with E-state index in [9.17, 15) is 4.79 Å². The fourth-order valence-corrected chi connectivity index (χ4v) is 3.96. The third-order valence-corrected chi connectivity index (χ3v) is 5.01. The lowest BCUT2D eigenvalue weighted by Crippen LogP contribution is -2.48. The number of benzene rings is 1. The Kier molecular flexibility index (Phi) is 4.79. The lowest BCUT2D eigenvalue weighted by molar-refractivity contribution is -0.147. The number of carbonyl (C=O) groups is 1. The van der Waals surface area contributed by atoms with Crippen molar-refractivity contribution in [3.63, 3.8) is 0 Å². The van der Waals surface area contributed by atoms with Crippen LogP contribution >= 0.6 is 27.7 Å². The Morgan fingerprint density at radius 1 is 1.63 bits per heavy atom. The fraction of sp³-hybridized carbons (Fsp3) is 0.500. The van der Waals surface area contributed by atoms with Gasteiger partial charge >= 0.3 is 5.97 Å². The van der Waals surface area contributed by atoms with Gasteiger partial charge in [-0.1, -0.05) is 28.9 Å². The molecule has 0 spiro atoms. The first kappa shape index (κ1) is 14.7. The predicted molar refractivity (Wildman–Crippen MR) is 83.7 cm³/mol. The minimum absolute atomic E-state index is 0.146. The monoisotopic (exact) mass is 343 g/mol. The Bertz CT molecular complexity index is 469. The Morgan fingerprint density at radius 3 is 3.00 bits per heavy atom. The molecule has 1 aromatic carbocycles. The maximum atomic E-state index is 12.3. The molecular weight excluding hydrogens is 326 g/mol. The summed E-state index contributed by atoms with van der Waals surface area (Å²) in [7, 11) is 0. The number of hydrogen-bond donors (Lipinski definition) is 1. The second-order valence-corrected chi connectivity index (χ2v) is 7.11. The van der Waals surface area contributed by atoms with Gasteiger partial charge in [0.2, 0.25) is 0 Å². The molecule has 1 aliphatic rings. The lowest BCUT2D eigenvalue weighted by atomic mass is 9.95. The molecule has 2 rings (SSSR count). The summed E-state index contributed by atoms with van der Waals surface area (Å²) in [6, 6.07) is 7.87. The number of thioether (sulfide) groups is 1. The van der Waals surface area contributed by atoms with Gasteiger partial charge in [0.15, 0.2) is 0 Å². The zero-order valence-electron chi connectivity index (χ0n) is 11.1. The normalized spacial score (nSPS) is 26.2. The summed E-state index contributed by atoms with van der Waals surface area (Å²) >= 11 is 5.25. The molecule has 1 aliphatic heterocycles. The van der Waals surface area contributed by atoms with Crippen LogP contribution in [0, 0.1) is 0 Å². The summed E-state index contributed by atoms with van der Waals surface area (Å²) in [6.45, 7) is 4.41. The van der Waals surface area contributed by atoms with E-state index in [-0.39, 0.29) is 5.97 Å². The third kappa shape index (κ3) is 3.45. The summed E-state index contributed by atoms with van der Waals surface area (Å²) in [5, 5.41) is 3.85. The third-order valence-electron chi connectivity index (χ3n) is 3.12. The Morgan fingerprint density at radius 2 is 2.42 bits per heavy atom. The van der Waals surface area contributed by atoms with Crippen LogP contribution in [0.1, 0.15) is 20.3 Å². The minimum Gasteiger partial charge on any atom is -0.464 e. The number of rotatable bonds is 4. The van der Waals surface area contributed by atoms with E-state index in [0.717, 1.165) is 22.3 Å². The van der Waals surface area contributed by atoms with E-state index >= 15 is 0 Å². The van der Waals surface area contributed by atoms with Crippen molar-refractivity contribution >= 4 is 39.3 Å². The molecule has 5 heteroatoms. The topological polar surface area (TPSA) is 38.3 Å². The zero-order chi connectivity index (χ0) is 13.9. The molecule has 1 N–H and O–H groups in total. The van der Waals surface area contributed by atoms with Gasteiger partial charge in [0.25, 0.3) is 0 Å². The highest BCUT2D eigenvalue weighted by Crippen LogP contribution is 2.38. The largest absolute Gasteiger partial charge is 0.464 e. The maximum Gasteiger partial charge on any atom is 0.332 e. The summed E-state index contributed by atoms with van der Waals surface area (Å²) in [6.07, 6.45) is 0.795. The van der Waals surface area contributed by atoms with Gasteiger partial charge in [-0.2, -0.15) is 11.8 Å². The molecule has 1 heterocycles. The molecule has 3 nitrogen and oxygen atoms in total. The molecule has 2 unspecified atom stereocenters.